The number of halogens is 2. The second-order valence-corrected chi connectivity index (χ2v) is 5.64. The van der Waals surface area contributed by atoms with Gasteiger partial charge >= 0.3 is 0 Å². The molecule has 0 saturated heterocycles. The Kier molecular flexibility index (Phi) is 4.46. The van der Waals surface area contributed by atoms with E-state index in [1.165, 1.54) is 12.8 Å². The van der Waals surface area contributed by atoms with Crippen molar-refractivity contribution in [2.24, 2.45) is 0 Å². The smallest absolute Gasteiger partial charge is 0.224 e. The topological polar surface area (TPSA) is 29.1 Å². The first-order valence-electron chi connectivity index (χ1n) is 5.89. The minimum atomic E-state index is 0.0832. The van der Waals surface area contributed by atoms with Crippen LogP contribution in [-0.2, 0) is 11.2 Å². The molecule has 1 N–H and O–H groups in total. The maximum atomic E-state index is 11.9. The maximum Gasteiger partial charge on any atom is 0.224 e. The first kappa shape index (κ1) is 12.9. The highest BCUT2D eigenvalue weighted by molar-refractivity contribution is 9.10. The average Bonchev–Trinajstić information content (AvgIpc) is 2.77. The fourth-order valence-corrected chi connectivity index (χ4v) is 2.81. The fourth-order valence-electron chi connectivity index (χ4n) is 2.21. The van der Waals surface area contributed by atoms with E-state index in [1.807, 2.05) is 18.2 Å². The summed E-state index contributed by atoms with van der Waals surface area (Å²) >= 11 is 9.40. The van der Waals surface area contributed by atoms with Crippen molar-refractivity contribution in [2.45, 2.75) is 38.1 Å². The Hall–Kier alpha value is -0.540. The minimum Gasteiger partial charge on any atom is -0.353 e. The van der Waals surface area contributed by atoms with Gasteiger partial charge < -0.3 is 5.32 Å². The van der Waals surface area contributed by atoms with Crippen LogP contribution in [0.2, 0.25) is 5.02 Å². The van der Waals surface area contributed by atoms with Crippen LogP contribution in [0.4, 0.5) is 0 Å². The molecule has 1 fully saturated rings. The quantitative estimate of drug-likeness (QED) is 0.905. The summed E-state index contributed by atoms with van der Waals surface area (Å²) in [5, 5.41) is 3.72. The molecular weight excluding hydrogens is 302 g/mol. The van der Waals surface area contributed by atoms with Crippen molar-refractivity contribution in [3.05, 3.63) is 33.3 Å². The molecule has 1 aliphatic rings. The van der Waals surface area contributed by atoms with E-state index < -0.39 is 0 Å². The number of benzene rings is 1. The molecular formula is C13H15BrClNO. The average molecular weight is 317 g/mol. The molecule has 1 aromatic rings. The van der Waals surface area contributed by atoms with Gasteiger partial charge in [0, 0.05) is 10.5 Å². The first-order chi connectivity index (χ1) is 8.16. The number of carbonyl (C=O) groups excluding carboxylic acids is 1. The molecule has 0 aliphatic heterocycles. The van der Waals surface area contributed by atoms with Crippen LogP contribution in [0.5, 0.6) is 0 Å². The maximum absolute atomic E-state index is 11.9. The van der Waals surface area contributed by atoms with Crippen LogP contribution in [0, 0.1) is 0 Å². The van der Waals surface area contributed by atoms with Crippen molar-refractivity contribution in [1.29, 1.82) is 0 Å². The molecule has 92 valence electrons. The molecule has 0 atom stereocenters. The normalized spacial score (nSPS) is 16.1. The Bertz CT molecular complexity index is 416. The molecule has 2 rings (SSSR count). The lowest BCUT2D eigenvalue weighted by Gasteiger charge is -2.12. The number of carbonyl (C=O) groups is 1. The van der Waals surface area contributed by atoms with Crippen molar-refractivity contribution in [1.82, 2.24) is 5.32 Å². The van der Waals surface area contributed by atoms with Crippen LogP contribution in [0.15, 0.2) is 22.7 Å². The van der Waals surface area contributed by atoms with Crippen molar-refractivity contribution in [3.8, 4) is 0 Å². The van der Waals surface area contributed by atoms with E-state index in [1.54, 1.807) is 0 Å². The molecule has 1 saturated carbocycles. The van der Waals surface area contributed by atoms with E-state index in [4.69, 9.17) is 11.6 Å². The second-order valence-electron chi connectivity index (χ2n) is 4.44. The second kappa shape index (κ2) is 5.87. The Morgan fingerprint density at radius 2 is 2.12 bits per heavy atom. The summed E-state index contributed by atoms with van der Waals surface area (Å²) in [6, 6.07) is 5.97. The lowest BCUT2D eigenvalue weighted by molar-refractivity contribution is -0.121. The zero-order valence-electron chi connectivity index (χ0n) is 9.51. The molecule has 2 nitrogen and oxygen atoms in total. The molecule has 0 spiro atoms. The van der Waals surface area contributed by atoms with Gasteiger partial charge in [-0.05, 0) is 40.4 Å². The predicted molar refractivity (Wildman–Crippen MR) is 73.3 cm³/mol. The zero-order valence-corrected chi connectivity index (χ0v) is 11.9. The van der Waals surface area contributed by atoms with E-state index in [2.05, 4.69) is 21.2 Å². The van der Waals surface area contributed by atoms with Crippen LogP contribution >= 0.6 is 27.5 Å². The molecule has 4 heteroatoms. The first-order valence-corrected chi connectivity index (χ1v) is 7.06. The summed E-state index contributed by atoms with van der Waals surface area (Å²) in [7, 11) is 0. The molecule has 17 heavy (non-hydrogen) atoms. The fraction of sp³-hybridized carbons (Fsp3) is 0.462. The third-order valence-electron chi connectivity index (χ3n) is 3.10. The third kappa shape index (κ3) is 3.46. The van der Waals surface area contributed by atoms with E-state index in [0.29, 0.717) is 17.5 Å². The van der Waals surface area contributed by atoms with Gasteiger partial charge in [-0.1, -0.05) is 36.6 Å². The number of nitrogens with one attached hydrogen (secondary N) is 1. The molecule has 0 unspecified atom stereocenters. The van der Waals surface area contributed by atoms with Gasteiger partial charge in [-0.2, -0.15) is 0 Å². The molecule has 0 heterocycles. The van der Waals surface area contributed by atoms with E-state index in [0.717, 1.165) is 22.9 Å². The highest BCUT2D eigenvalue weighted by Gasteiger charge is 2.17. The lowest BCUT2D eigenvalue weighted by Crippen LogP contribution is -2.33. The largest absolute Gasteiger partial charge is 0.353 e. The standard InChI is InChI=1S/C13H15BrClNO/c14-13-9(4-3-7-11(13)15)8-12(17)16-10-5-1-2-6-10/h3-4,7,10H,1-2,5-6,8H2,(H,16,17). The van der Waals surface area contributed by atoms with Gasteiger partial charge in [-0.3, -0.25) is 4.79 Å². The van der Waals surface area contributed by atoms with Gasteiger partial charge in [0.2, 0.25) is 5.91 Å². The molecule has 0 bridgehead atoms. The molecule has 1 amide bonds. The molecule has 0 aromatic heterocycles. The van der Waals surface area contributed by atoms with Crippen LogP contribution in [-0.4, -0.2) is 11.9 Å². The highest BCUT2D eigenvalue weighted by atomic mass is 79.9. The van der Waals surface area contributed by atoms with E-state index >= 15 is 0 Å². The molecule has 1 aliphatic carbocycles. The minimum absolute atomic E-state index is 0.0832. The van der Waals surface area contributed by atoms with Crippen molar-refractivity contribution in [3.63, 3.8) is 0 Å². The van der Waals surface area contributed by atoms with E-state index in [9.17, 15) is 4.79 Å². The SMILES string of the molecule is O=C(Cc1cccc(Cl)c1Br)NC1CCCC1. The van der Waals surface area contributed by atoms with Gasteiger partial charge in [0.05, 0.1) is 11.4 Å². The van der Waals surface area contributed by atoms with Crippen LogP contribution in [0.1, 0.15) is 31.2 Å². The Morgan fingerprint density at radius 3 is 2.82 bits per heavy atom. The monoisotopic (exact) mass is 315 g/mol. The van der Waals surface area contributed by atoms with Gasteiger partial charge in [0.15, 0.2) is 0 Å². The van der Waals surface area contributed by atoms with Gasteiger partial charge in [0.25, 0.3) is 0 Å². The third-order valence-corrected chi connectivity index (χ3v) is 4.58. The van der Waals surface area contributed by atoms with Gasteiger partial charge in [-0.25, -0.2) is 0 Å². The summed E-state index contributed by atoms with van der Waals surface area (Å²) < 4.78 is 0.822. The molecule has 1 aromatic carbocycles. The van der Waals surface area contributed by atoms with Crippen molar-refractivity contribution >= 4 is 33.4 Å². The van der Waals surface area contributed by atoms with Crippen LogP contribution < -0.4 is 5.32 Å². The zero-order chi connectivity index (χ0) is 12.3. The Balaban J connectivity index is 1.95. The summed E-state index contributed by atoms with van der Waals surface area (Å²) in [4.78, 5) is 11.9. The van der Waals surface area contributed by atoms with Crippen LogP contribution in [0.3, 0.4) is 0 Å². The van der Waals surface area contributed by atoms with Gasteiger partial charge in [-0.15, -0.1) is 0 Å². The summed E-state index contributed by atoms with van der Waals surface area (Å²) in [5.74, 6) is 0.0832. The lowest BCUT2D eigenvalue weighted by atomic mass is 10.1. The van der Waals surface area contributed by atoms with E-state index in [-0.39, 0.29) is 5.91 Å². The van der Waals surface area contributed by atoms with Crippen molar-refractivity contribution < 1.29 is 4.79 Å². The van der Waals surface area contributed by atoms with Crippen molar-refractivity contribution in [2.75, 3.05) is 0 Å². The summed E-state index contributed by atoms with van der Waals surface area (Å²) in [6.07, 6.45) is 5.07. The summed E-state index contributed by atoms with van der Waals surface area (Å²) in [5.41, 5.74) is 0.938. The Labute approximate surface area is 115 Å². The number of hydrogen-bond acceptors (Lipinski definition) is 1. The number of rotatable bonds is 3. The Morgan fingerprint density at radius 1 is 1.41 bits per heavy atom. The highest BCUT2D eigenvalue weighted by Crippen LogP contribution is 2.26. The van der Waals surface area contributed by atoms with Gasteiger partial charge in [0.1, 0.15) is 0 Å². The number of hydrogen-bond donors (Lipinski definition) is 1. The molecule has 0 radical (unpaired) electrons. The van der Waals surface area contributed by atoms with Crippen LogP contribution in [0.25, 0.3) is 0 Å². The summed E-state index contributed by atoms with van der Waals surface area (Å²) in [6.45, 7) is 0. The predicted octanol–water partition coefficient (Wildman–Crippen LogP) is 3.70. The number of amides is 1.